The first kappa shape index (κ1) is 57.2. The molecule has 0 radical (unpaired) electrons. The van der Waals surface area contributed by atoms with Crippen LogP contribution in [0.25, 0.3) is 0 Å². The smallest absolute Gasteiger partial charge is 0.333 e. The van der Waals surface area contributed by atoms with Crippen molar-refractivity contribution in [1.29, 1.82) is 0 Å². The molecule has 0 aliphatic heterocycles. The number of hydrogen-bond acceptors (Lipinski definition) is 5. The van der Waals surface area contributed by atoms with Crippen LogP contribution in [0.1, 0.15) is 216 Å². The predicted molar refractivity (Wildman–Crippen MR) is 305 cm³/mol. The molecular weight excluding hydrogens is 899 g/mol. The SMILES string of the molecule is C#CCN(C)CCCCCCO[Si](C)(C)OC(CC[C@H](C)C1CCC2C3CCC4C[C@@H](OC)CC[C@@]4(C)C3CC[C@]21C)OC1CCC2(C)C(=CCC3C2CCC2(C)C(C(C)/C=C/C(CC)C(C)C)CCC32)C1. The van der Waals surface area contributed by atoms with Crippen molar-refractivity contribution in [2.24, 2.45) is 98.6 Å². The minimum atomic E-state index is -2.45. The Hall–Kier alpha value is -0.943. The van der Waals surface area contributed by atoms with E-state index >= 15 is 0 Å². The van der Waals surface area contributed by atoms with Crippen LogP contribution in [0.3, 0.4) is 0 Å². The van der Waals surface area contributed by atoms with Crippen LogP contribution in [0.15, 0.2) is 23.8 Å². The van der Waals surface area contributed by atoms with Crippen molar-refractivity contribution >= 4 is 8.56 Å². The fourth-order valence-corrected chi connectivity index (χ4v) is 21.6. The highest BCUT2D eigenvalue weighted by atomic mass is 28.4. The van der Waals surface area contributed by atoms with Gasteiger partial charge < -0.3 is 18.3 Å². The highest BCUT2D eigenvalue weighted by Gasteiger charge is 2.62. The first-order chi connectivity index (χ1) is 34.3. The van der Waals surface area contributed by atoms with Gasteiger partial charge in [-0.25, -0.2) is 0 Å². The molecule has 410 valence electrons. The molecule has 19 atom stereocenters. The molecule has 8 rings (SSSR count). The van der Waals surface area contributed by atoms with Crippen LogP contribution in [-0.2, 0) is 18.3 Å². The van der Waals surface area contributed by atoms with Crippen LogP contribution < -0.4 is 0 Å². The molecule has 7 saturated carbocycles. The maximum Gasteiger partial charge on any atom is 0.333 e. The van der Waals surface area contributed by atoms with Gasteiger partial charge in [-0.1, -0.05) is 105 Å². The summed E-state index contributed by atoms with van der Waals surface area (Å²) in [6.45, 7) is 30.4. The summed E-state index contributed by atoms with van der Waals surface area (Å²) in [4.78, 5) is 2.25. The number of methoxy groups -OCH3 is 1. The van der Waals surface area contributed by atoms with Gasteiger partial charge in [-0.2, -0.15) is 0 Å². The van der Waals surface area contributed by atoms with Gasteiger partial charge in [-0.3, -0.25) is 4.90 Å². The fourth-order valence-electron chi connectivity index (χ4n) is 20.0. The highest BCUT2D eigenvalue weighted by Crippen LogP contribution is 2.70. The topological polar surface area (TPSA) is 40.2 Å². The lowest BCUT2D eigenvalue weighted by Gasteiger charge is -2.61. The van der Waals surface area contributed by atoms with Crippen LogP contribution in [-0.4, -0.2) is 65.8 Å². The molecule has 5 nitrogen and oxygen atoms in total. The molecule has 8 aliphatic rings. The quantitative estimate of drug-likeness (QED) is 0.0335. The van der Waals surface area contributed by atoms with E-state index in [1.807, 2.05) is 7.11 Å². The molecule has 7 fully saturated rings. The summed E-state index contributed by atoms with van der Waals surface area (Å²) in [6.07, 6.45) is 45.3. The highest BCUT2D eigenvalue weighted by molar-refractivity contribution is 6.64. The van der Waals surface area contributed by atoms with E-state index in [0.29, 0.717) is 45.5 Å². The van der Waals surface area contributed by atoms with Gasteiger partial charge >= 0.3 is 8.56 Å². The molecule has 0 N–H and O–H groups in total. The average molecular weight is 1010 g/mol. The Morgan fingerprint density at radius 1 is 0.750 bits per heavy atom. The molecule has 0 saturated heterocycles. The maximum absolute atomic E-state index is 7.40. The number of nitrogens with zero attached hydrogens (tertiary/aromatic N) is 1. The molecule has 0 heterocycles. The summed E-state index contributed by atoms with van der Waals surface area (Å²) in [5, 5.41) is 0. The minimum Gasteiger partial charge on any atom is -0.394 e. The summed E-state index contributed by atoms with van der Waals surface area (Å²) < 4.78 is 27.3. The third kappa shape index (κ3) is 11.9. The molecule has 0 aromatic rings. The number of hydrogen-bond donors (Lipinski definition) is 0. The van der Waals surface area contributed by atoms with E-state index in [-0.39, 0.29) is 12.4 Å². The Morgan fingerprint density at radius 2 is 1.42 bits per heavy atom. The van der Waals surface area contributed by atoms with E-state index in [1.54, 1.807) is 5.57 Å². The minimum absolute atomic E-state index is 0.194. The van der Waals surface area contributed by atoms with Crippen LogP contribution in [0.2, 0.25) is 13.1 Å². The lowest BCUT2D eigenvalue weighted by molar-refractivity contribution is -0.153. The molecular formula is C66H113NO4Si. The Labute approximate surface area is 446 Å². The Kier molecular flexibility index (Phi) is 19.1. The molecule has 6 heteroatoms. The van der Waals surface area contributed by atoms with E-state index < -0.39 is 8.56 Å². The number of unbranched alkanes of at least 4 members (excludes halogenated alkanes) is 3. The largest absolute Gasteiger partial charge is 0.394 e. The van der Waals surface area contributed by atoms with Gasteiger partial charge in [0.05, 0.1) is 18.8 Å². The fraction of sp³-hybridized carbons (Fsp3) is 0.909. The number of ether oxygens (including phenoxy) is 2. The number of terminal acetylenes is 1. The Morgan fingerprint density at radius 3 is 2.14 bits per heavy atom. The zero-order valence-electron chi connectivity index (χ0n) is 49.2. The monoisotopic (exact) mass is 1010 g/mol. The van der Waals surface area contributed by atoms with Crippen molar-refractivity contribution in [2.75, 3.05) is 33.9 Å². The zero-order chi connectivity index (χ0) is 51.6. The molecule has 0 bridgehead atoms. The van der Waals surface area contributed by atoms with Gasteiger partial charge in [0.2, 0.25) is 0 Å². The molecule has 72 heavy (non-hydrogen) atoms. The second kappa shape index (κ2) is 24.0. The Bertz CT molecular complexity index is 1850. The summed E-state index contributed by atoms with van der Waals surface area (Å²) in [5.41, 5.74) is 3.51. The predicted octanol–water partition coefficient (Wildman–Crippen LogP) is 17.1. The maximum atomic E-state index is 7.40. The first-order valence-corrected chi connectivity index (χ1v) is 34.1. The van der Waals surface area contributed by atoms with Gasteiger partial charge in [-0.15, -0.1) is 6.42 Å². The molecule has 0 aromatic heterocycles. The third-order valence-corrected chi connectivity index (χ3v) is 26.1. The van der Waals surface area contributed by atoms with E-state index in [4.69, 9.17) is 24.7 Å². The van der Waals surface area contributed by atoms with Crippen molar-refractivity contribution in [3.05, 3.63) is 23.8 Å². The lowest BCUT2D eigenvalue weighted by Crippen LogP contribution is -2.54. The van der Waals surface area contributed by atoms with Crippen molar-refractivity contribution in [3.8, 4) is 12.3 Å². The summed E-state index contributed by atoms with van der Waals surface area (Å²) in [6, 6.07) is 0. The van der Waals surface area contributed by atoms with E-state index in [0.717, 1.165) is 105 Å². The van der Waals surface area contributed by atoms with Gasteiger partial charge in [-0.05, 0) is 267 Å². The van der Waals surface area contributed by atoms with Crippen LogP contribution in [0.4, 0.5) is 0 Å². The summed E-state index contributed by atoms with van der Waals surface area (Å²) in [5.74, 6) is 13.3. The standard InChI is InChI=1S/C66H113NO4Si/c1-15-41-67(11)42-19-17-18-20-43-69-72(13,14)71-62(32-22-48(6)57-29-31-59-54-26-24-50-44-52(68-12)33-37-63(50,7)60(54)35-40-66(57,59)10)70-53-34-38-64(8)51(45-53)25-27-55-58-30-28-56(65(58,9)39-36-61(55)64)47(5)21-23-49(16-2)46(3)4/h1,21,23,25,46-50,52-62H,16-20,22,24,26-45H2,2-14H3/b23-21+/t47?,48-,49?,50?,52-,53?,54?,55?,56?,57?,58?,59?,60?,61?,62?,63+,64?,65?,66-/m0/s1. The Balaban J connectivity index is 0.906. The number of rotatable bonds is 23. The summed E-state index contributed by atoms with van der Waals surface area (Å²) >= 11 is 0. The zero-order valence-corrected chi connectivity index (χ0v) is 50.2. The second-order valence-corrected chi connectivity index (χ2v) is 32.1. The van der Waals surface area contributed by atoms with Crippen molar-refractivity contribution < 1.29 is 18.3 Å². The van der Waals surface area contributed by atoms with Crippen LogP contribution in [0, 0.1) is 111 Å². The second-order valence-electron chi connectivity index (χ2n) is 28.8. The van der Waals surface area contributed by atoms with E-state index in [2.05, 4.69) is 112 Å². The number of fused-ring (bicyclic) bond motifs is 10. The van der Waals surface area contributed by atoms with Gasteiger partial charge in [0.25, 0.3) is 0 Å². The molecule has 0 spiro atoms. The normalized spacial score (nSPS) is 41.4. The average Bonchev–Trinajstić information content (AvgIpc) is 3.89. The molecule has 15 unspecified atom stereocenters. The number of allylic oxidation sites excluding steroid dienone is 3. The lowest BCUT2D eigenvalue weighted by atomic mass is 9.44. The molecule has 8 aliphatic carbocycles. The van der Waals surface area contributed by atoms with Crippen molar-refractivity contribution in [2.45, 2.75) is 248 Å². The molecule has 0 amide bonds. The van der Waals surface area contributed by atoms with Crippen molar-refractivity contribution in [3.63, 3.8) is 0 Å². The van der Waals surface area contributed by atoms with Gasteiger partial charge in [0, 0.05) is 13.7 Å². The van der Waals surface area contributed by atoms with Crippen LogP contribution >= 0.6 is 0 Å². The van der Waals surface area contributed by atoms with E-state index in [1.165, 1.54) is 128 Å². The van der Waals surface area contributed by atoms with Crippen molar-refractivity contribution in [1.82, 2.24) is 4.90 Å². The first-order valence-electron chi connectivity index (χ1n) is 31.3. The van der Waals surface area contributed by atoms with Gasteiger partial charge in [0.1, 0.15) is 6.29 Å². The van der Waals surface area contributed by atoms with Crippen LogP contribution in [0.5, 0.6) is 0 Å². The van der Waals surface area contributed by atoms with E-state index in [9.17, 15) is 0 Å². The van der Waals surface area contributed by atoms with Gasteiger partial charge in [0.15, 0.2) is 0 Å². The third-order valence-electron chi connectivity index (χ3n) is 24.3. The molecule has 0 aromatic carbocycles. The summed E-state index contributed by atoms with van der Waals surface area (Å²) in [7, 11) is 1.63.